The minimum atomic E-state index is -0.306. The Hall–Kier alpha value is -1.92. The van der Waals surface area contributed by atoms with Crippen LogP contribution in [0.4, 0.5) is 4.39 Å². The van der Waals surface area contributed by atoms with Gasteiger partial charge in [-0.05, 0) is 23.8 Å². The van der Waals surface area contributed by atoms with Crippen molar-refractivity contribution in [1.29, 1.82) is 0 Å². The maximum Gasteiger partial charge on any atom is 0.227 e. The molecular weight excluding hydrogens is 275 g/mol. The average Bonchev–Trinajstić information content (AvgIpc) is 2.89. The van der Waals surface area contributed by atoms with E-state index in [2.05, 4.69) is 4.98 Å². The van der Waals surface area contributed by atoms with Crippen LogP contribution in [0.5, 0.6) is 0 Å². The molecule has 0 bridgehead atoms. The summed E-state index contributed by atoms with van der Waals surface area (Å²) in [6.45, 7) is 1.30. The number of morpholine rings is 1. The lowest BCUT2D eigenvalue weighted by atomic mass is 10.1. The molecule has 2 N–H and O–H groups in total. The molecule has 1 aromatic carbocycles. The molecule has 1 amide bonds. The summed E-state index contributed by atoms with van der Waals surface area (Å²) in [5, 5.41) is 9.97. The number of aromatic amines is 1. The highest BCUT2D eigenvalue weighted by Crippen LogP contribution is 2.20. The maximum atomic E-state index is 13.1. The van der Waals surface area contributed by atoms with Crippen molar-refractivity contribution in [3.63, 3.8) is 0 Å². The zero-order valence-electron chi connectivity index (χ0n) is 11.5. The number of aromatic nitrogens is 1. The Bertz CT molecular complexity index is 655. The molecule has 1 saturated heterocycles. The van der Waals surface area contributed by atoms with Gasteiger partial charge in [-0.3, -0.25) is 4.79 Å². The summed E-state index contributed by atoms with van der Waals surface area (Å²) < 4.78 is 18.5. The molecule has 21 heavy (non-hydrogen) atoms. The first-order chi connectivity index (χ1) is 10.2. The van der Waals surface area contributed by atoms with Crippen molar-refractivity contribution in [3.05, 3.63) is 35.8 Å². The van der Waals surface area contributed by atoms with Crippen LogP contribution in [0.2, 0.25) is 0 Å². The zero-order chi connectivity index (χ0) is 14.8. The van der Waals surface area contributed by atoms with Crippen LogP contribution in [-0.2, 0) is 16.0 Å². The van der Waals surface area contributed by atoms with E-state index in [1.807, 2.05) is 0 Å². The quantitative estimate of drug-likeness (QED) is 0.889. The summed E-state index contributed by atoms with van der Waals surface area (Å²) in [6.07, 6.45) is 1.69. The molecular formula is C15H17FN2O3. The monoisotopic (exact) mass is 292 g/mol. The minimum Gasteiger partial charge on any atom is -0.394 e. The van der Waals surface area contributed by atoms with E-state index in [4.69, 9.17) is 9.84 Å². The molecule has 0 aliphatic carbocycles. The Balaban J connectivity index is 1.74. The normalized spacial score (nSPS) is 19.1. The van der Waals surface area contributed by atoms with Gasteiger partial charge in [0.1, 0.15) is 5.82 Å². The number of amides is 1. The number of benzene rings is 1. The van der Waals surface area contributed by atoms with Gasteiger partial charge in [0.2, 0.25) is 5.91 Å². The molecule has 1 fully saturated rings. The van der Waals surface area contributed by atoms with Crippen molar-refractivity contribution >= 4 is 16.8 Å². The molecule has 6 heteroatoms. The number of halogens is 1. The van der Waals surface area contributed by atoms with Crippen molar-refractivity contribution in [1.82, 2.24) is 9.88 Å². The second-order valence-electron chi connectivity index (χ2n) is 5.20. The number of ether oxygens (including phenoxy) is 1. The van der Waals surface area contributed by atoms with E-state index in [-0.39, 0.29) is 30.9 Å². The fourth-order valence-corrected chi connectivity index (χ4v) is 2.64. The molecule has 0 saturated carbocycles. The predicted octanol–water partition coefficient (Wildman–Crippen LogP) is 1.07. The Morgan fingerprint density at radius 2 is 2.38 bits per heavy atom. The van der Waals surface area contributed by atoms with Crippen molar-refractivity contribution in [2.75, 3.05) is 26.3 Å². The number of carbonyl (C=O) groups is 1. The van der Waals surface area contributed by atoms with Gasteiger partial charge < -0.3 is 19.7 Å². The van der Waals surface area contributed by atoms with Crippen LogP contribution in [0.1, 0.15) is 5.56 Å². The fraction of sp³-hybridized carbons (Fsp3) is 0.400. The van der Waals surface area contributed by atoms with Gasteiger partial charge in [-0.25, -0.2) is 4.39 Å². The third kappa shape index (κ3) is 2.91. The molecule has 2 heterocycles. The van der Waals surface area contributed by atoms with Gasteiger partial charge in [-0.2, -0.15) is 0 Å². The summed E-state index contributed by atoms with van der Waals surface area (Å²) in [7, 11) is 0. The number of carbonyl (C=O) groups excluding carboxylic acids is 1. The Kier molecular flexibility index (Phi) is 3.90. The van der Waals surface area contributed by atoms with E-state index in [0.717, 1.165) is 10.9 Å². The minimum absolute atomic E-state index is 0.0121. The van der Waals surface area contributed by atoms with Crippen molar-refractivity contribution in [2.24, 2.45) is 0 Å². The predicted molar refractivity (Wildman–Crippen MR) is 75.4 cm³/mol. The van der Waals surface area contributed by atoms with E-state index >= 15 is 0 Å². The van der Waals surface area contributed by atoms with E-state index in [1.54, 1.807) is 17.2 Å². The number of aliphatic hydroxyl groups excluding tert-OH is 1. The smallest absolute Gasteiger partial charge is 0.227 e. The number of nitrogens with one attached hydrogen (secondary N) is 1. The first-order valence-corrected chi connectivity index (χ1v) is 6.93. The van der Waals surface area contributed by atoms with Crippen LogP contribution in [0.3, 0.4) is 0 Å². The lowest BCUT2D eigenvalue weighted by molar-refractivity contribution is -0.139. The van der Waals surface area contributed by atoms with Crippen LogP contribution in [0.25, 0.3) is 10.9 Å². The molecule has 0 unspecified atom stereocenters. The van der Waals surface area contributed by atoms with Crippen LogP contribution in [0.15, 0.2) is 24.4 Å². The number of nitrogens with zero attached hydrogens (tertiary/aromatic N) is 1. The highest BCUT2D eigenvalue weighted by Gasteiger charge is 2.24. The van der Waals surface area contributed by atoms with Crippen LogP contribution < -0.4 is 0 Å². The molecule has 5 nitrogen and oxygen atoms in total. The first-order valence-electron chi connectivity index (χ1n) is 6.93. The van der Waals surface area contributed by atoms with Gasteiger partial charge in [-0.1, -0.05) is 0 Å². The molecule has 0 radical (unpaired) electrons. The number of aliphatic hydroxyl groups is 1. The molecule has 0 spiro atoms. The van der Waals surface area contributed by atoms with Gasteiger partial charge >= 0.3 is 0 Å². The third-order valence-corrected chi connectivity index (χ3v) is 3.77. The van der Waals surface area contributed by atoms with Crippen molar-refractivity contribution < 1.29 is 19.0 Å². The van der Waals surface area contributed by atoms with E-state index in [0.29, 0.717) is 25.2 Å². The number of hydrogen-bond acceptors (Lipinski definition) is 3. The molecule has 3 rings (SSSR count). The van der Waals surface area contributed by atoms with E-state index in [1.165, 1.54) is 12.1 Å². The van der Waals surface area contributed by atoms with Crippen LogP contribution >= 0.6 is 0 Å². The van der Waals surface area contributed by atoms with Gasteiger partial charge in [0.15, 0.2) is 0 Å². The van der Waals surface area contributed by atoms with Gasteiger partial charge in [0.05, 0.1) is 25.7 Å². The number of H-pyrrole nitrogens is 1. The fourth-order valence-electron chi connectivity index (χ4n) is 2.64. The Morgan fingerprint density at radius 3 is 3.19 bits per heavy atom. The zero-order valence-corrected chi connectivity index (χ0v) is 11.5. The van der Waals surface area contributed by atoms with Crippen LogP contribution in [-0.4, -0.2) is 53.3 Å². The maximum absolute atomic E-state index is 13.1. The standard InChI is InChI=1S/C15H17FN2O3/c16-11-1-2-13-10(7-17-14(13)6-11)5-15(20)18-3-4-21-12(8-18)9-19/h1-2,6-7,12,17,19H,3-5,8-9H2/t12-/m0/s1. The molecule has 1 aromatic heterocycles. The molecule has 1 aliphatic rings. The molecule has 2 aromatic rings. The van der Waals surface area contributed by atoms with Crippen molar-refractivity contribution in [3.8, 4) is 0 Å². The molecule has 1 aliphatic heterocycles. The van der Waals surface area contributed by atoms with Gasteiger partial charge in [-0.15, -0.1) is 0 Å². The Morgan fingerprint density at radius 1 is 1.52 bits per heavy atom. The summed E-state index contributed by atoms with van der Waals surface area (Å²) in [5.41, 5.74) is 1.54. The van der Waals surface area contributed by atoms with E-state index < -0.39 is 0 Å². The topological polar surface area (TPSA) is 65.6 Å². The summed E-state index contributed by atoms with van der Waals surface area (Å²) in [4.78, 5) is 17.0. The second kappa shape index (κ2) is 5.83. The van der Waals surface area contributed by atoms with Crippen LogP contribution in [0, 0.1) is 5.82 Å². The highest BCUT2D eigenvalue weighted by atomic mass is 19.1. The second-order valence-corrected chi connectivity index (χ2v) is 5.20. The summed E-state index contributed by atoms with van der Waals surface area (Å²) >= 11 is 0. The summed E-state index contributed by atoms with van der Waals surface area (Å²) in [6, 6.07) is 4.49. The number of hydrogen-bond donors (Lipinski definition) is 2. The summed E-state index contributed by atoms with van der Waals surface area (Å²) in [5.74, 6) is -0.317. The van der Waals surface area contributed by atoms with Gasteiger partial charge in [0, 0.05) is 30.2 Å². The van der Waals surface area contributed by atoms with Crippen molar-refractivity contribution in [2.45, 2.75) is 12.5 Å². The SMILES string of the molecule is O=C(Cc1c[nH]c2cc(F)ccc12)N1CCO[C@H](CO)C1. The average molecular weight is 292 g/mol. The molecule has 1 atom stereocenters. The van der Waals surface area contributed by atoms with Gasteiger partial charge in [0.25, 0.3) is 0 Å². The lowest BCUT2D eigenvalue weighted by Gasteiger charge is -2.32. The highest BCUT2D eigenvalue weighted by molar-refractivity contribution is 5.89. The van der Waals surface area contributed by atoms with E-state index in [9.17, 15) is 9.18 Å². The number of fused-ring (bicyclic) bond motifs is 1. The Labute approximate surface area is 121 Å². The third-order valence-electron chi connectivity index (χ3n) is 3.77. The molecule has 112 valence electrons. The number of rotatable bonds is 3. The largest absolute Gasteiger partial charge is 0.394 e. The lowest BCUT2D eigenvalue weighted by Crippen LogP contribution is -2.47. The first kappa shape index (κ1) is 14.0.